The Kier molecular flexibility index (Phi) is 5.15. The maximum atomic E-state index is 12.8. The number of nitrogens with one attached hydrogen (secondary N) is 1. The van der Waals surface area contributed by atoms with Crippen LogP contribution >= 0.6 is 0 Å². The van der Waals surface area contributed by atoms with E-state index in [2.05, 4.69) is 39.9 Å². The highest BCUT2D eigenvalue weighted by atomic mass is 19.1. The van der Waals surface area contributed by atoms with E-state index in [0.717, 1.165) is 6.54 Å². The molecule has 0 spiro atoms. The van der Waals surface area contributed by atoms with E-state index in [4.69, 9.17) is 4.74 Å². The maximum Gasteiger partial charge on any atom is 0.123 e. The monoisotopic (exact) mass is 253 g/mol. The van der Waals surface area contributed by atoms with E-state index < -0.39 is 0 Å². The van der Waals surface area contributed by atoms with E-state index in [1.165, 1.54) is 12.1 Å². The van der Waals surface area contributed by atoms with Gasteiger partial charge in [0.05, 0.1) is 0 Å². The zero-order valence-corrected chi connectivity index (χ0v) is 12.0. The van der Waals surface area contributed by atoms with E-state index in [0.29, 0.717) is 11.7 Å². The van der Waals surface area contributed by atoms with Gasteiger partial charge in [0, 0.05) is 12.1 Å². The molecule has 1 rings (SSSR count). The lowest BCUT2D eigenvalue weighted by atomic mass is 10.0. The van der Waals surface area contributed by atoms with Gasteiger partial charge < -0.3 is 10.1 Å². The highest BCUT2D eigenvalue weighted by molar-refractivity contribution is 5.22. The standard InChI is InChI=1S/C15H24FNO/c1-11(2)14(10-17-15(3,4)5)18-13-8-6-12(16)7-9-13/h6-9,11,14,17H,10H2,1-5H3. The minimum absolute atomic E-state index is 0.0687. The molecule has 0 aliphatic carbocycles. The lowest BCUT2D eigenvalue weighted by molar-refractivity contribution is 0.139. The summed E-state index contributed by atoms with van der Waals surface area (Å²) in [5, 5.41) is 3.44. The molecule has 18 heavy (non-hydrogen) atoms. The van der Waals surface area contributed by atoms with Crippen LogP contribution in [0.2, 0.25) is 0 Å². The first-order valence-corrected chi connectivity index (χ1v) is 6.45. The highest BCUT2D eigenvalue weighted by Gasteiger charge is 2.18. The summed E-state index contributed by atoms with van der Waals surface area (Å²) in [6, 6.07) is 6.18. The number of benzene rings is 1. The third-order valence-corrected chi connectivity index (χ3v) is 2.68. The first-order chi connectivity index (χ1) is 8.28. The van der Waals surface area contributed by atoms with Crippen LogP contribution in [0.5, 0.6) is 5.75 Å². The third-order valence-electron chi connectivity index (χ3n) is 2.68. The van der Waals surface area contributed by atoms with Gasteiger partial charge in [0.2, 0.25) is 0 Å². The van der Waals surface area contributed by atoms with Crippen LogP contribution in [0.3, 0.4) is 0 Å². The summed E-state index contributed by atoms with van der Waals surface area (Å²) >= 11 is 0. The quantitative estimate of drug-likeness (QED) is 0.865. The lowest BCUT2D eigenvalue weighted by Crippen LogP contribution is -2.44. The molecular formula is C15H24FNO. The summed E-state index contributed by atoms with van der Waals surface area (Å²) in [7, 11) is 0. The molecule has 1 aromatic rings. The van der Waals surface area contributed by atoms with Gasteiger partial charge in [-0.1, -0.05) is 13.8 Å². The zero-order chi connectivity index (χ0) is 13.8. The first kappa shape index (κ1) is 15.0. The van der Waals surface area contributed by atoms with E-state index >= 15 is 0 Å². The molecule has 2 nitrogen and oxygen atoms in total. The van der Waals surface area contributed by atoms with Crippen LogP contribution in [0.25, 0.3) is 0 Å². The zero-order valence-electron chi connectivity index (χ0n) is 12.0. The highest BCUT2D eigenvalue weighted by Crippen LogP contribution is 2.16. The Morgan fingerprint density at radius 2 is 1.72 bits per heavy atom. The molecule has 1 N–H and O–H groups in total. The van der Waals surface area contributed by atoms with Gasteiger partial charge in [-0.3, -0.25) is 0 Å². The second-order valence-corrected chi connectivity index (χ2v) is 5.99. The van der Waals surface area contributed by atoms with Crippen molar-refractivity contribution in [2.24, 2.45) is 5.92 Å². The van der Waals surface area contributed by atoms with Crippen LogP contribution in [0.15, 0.2) is 24.3 Å². The average molecular weight is 253 g/mol. The Morgan fingerprint density at radius 1 is 1.17 bits per heavy atom. The second-order valence-electron chi connectivity index (χ2n) is 5.99. The summed E-state index contributed by atoms with van der Waals surface area (Å²) < 4.78 is 18.7. The Hall–Kier alpha value is -1.09. The molecule has 0 radical (unpaired) electrons. The summed E-state index contributed by atoms with van der Waals surface area (Å²) in [5.41, 5.74) is 0.0687. The summed E-state index contributed by atoms with van der Waals surface area (Å²) in [4.78, 5) is 0. The predicted octanol–water partition coefficient (Wildman–Crippen LogP) is 3.62. The molecular weight excluding hydrogens is 229 g/mol. The number of hydrogen-bond donors (Lipinski definition) is 1. The average Bonchev–Trinajstić information content (AvgIpc) is 2.25. The molecule has 3 heteroatoms. The number of halogens is 1. The number of hydrogen-bond acceptors (Lipinski definition) is 2. The molecule has 1 aromatic carbocycles. The Bertz CT molecular complexity index is 354. The van der Waals surface area contributed by atoms with Gasteiger partial charge in [-0.15, -0.1) is 0 Å². The van der Waals surface area contributed by atoms with Crippen LogP contribution in [-0.2, 0) is 0 Å². The van der Waals surface area contributed by atoms with Crippen molar-refractivity contribution >= 4 is 0 Å². The number of ether oxygens (including phenoxy) is 1. The topological polar surface area (TPSA) is 21.3 Å². The molecule has 0 heterocycles. The molecule has 102 valence electrons. The third kappa shape index (κ3) is 5.50. The fourth-order valence-corrected chi connectivity index (χ4v) is 1.51. The van der Waals surface area contributed by atoms with E-state index in [1.54, 1.807) is 12.1 Å². The molecule has 1 atom stereocenters. The van der Waals surface area contributed by atoms with Crippen molar-refractivity contribution in [1.82, 2.24) is 5.32 Å². The summed E-state index contributed by atoms with van der Waals surface area (Å²) in [6.07, 6.45) is 0.0784. The summed E-state index contributed by atoms with van der Waals surface area (Å²) in [5.74, 6) is 0.868. The fraction of sp³-hybridized carbons (Fsp3) is 0.600. The Labute approximate surface area is 110 Å². The van der Waals surface area contributed by atoms with Crippen LogP contribution in [-0.4, -0.2) is 18.2 Å². The molecule has 0 saturated carbocycles. The van der Waals surface area contributed by atoms with Crippen LogP contribution in [0.4, 0.5) is 4.39 Å². The Morgan fingerprint density at radius 3 is 2.17 bits per heavy atom. The molecule has 0 aromatic heterocycles. The van der Waals surface area contributed by atoms with Crippen molar-refractivity contribution in [3.63, 3.8) is 0 Å². The minimum Gasteiger partial charge on any atom is -0.489 e. The van der Waals surface area contributed by atoms with Crippen LogP contribution in [0, 0.1) is 11.7 Å². The molecule has 0 aliphatic rings. The SMILES string of the molecule is CC(C)C(CNC(C)(C)C)Oc1ccc(F)cc1. The molecule has 0 fully saturated rings. The van der Waals surface area contributed by atoms with Crippen molar-refractivity contribution in [1.29, 1.82) is 0 Å². The smallest absolute Gasteiger partial charge is 0.123 e. The van der Waals surface area contributed by atoms with E-state index in [1.807, 2.05) is 0 Å². The molecule has 0 bridgehead atoms. The van der Waals surface area contributed by atoms with Crippen LogP contribution in [0.1, 0.15) is 34.6 Å². The van der Waals surface area contributed by atoms with Crippen molar-refractivity contribution in [2.45, 2.75) is 46.3 Å². The van der Waals surface area contributed by atoms with E-state index in [9.17, 15) is 4.39 Å². The molecule has 0 saturated heterocycles. The first-order valence-electron chi connectivity index (χ1n) is 6.45. The van der Waals surface area contributed by atoms with Crippen molar-refractivity contribution in [3.05, 3.63) is 30.1 Å². The van der Waals surface area contributed by atoms with Crippen molar-refractivity contribution in [3.8, 4) is 5.75 Å². The van der Waals surface area contributed by atoms with Gasteiger partial charge in [-0.05, 0) is 51.0 Å². The van der Waals surface area contributed by atoms with Gasteiger partial charge in [-0.2, -0.15) is 0 Å². The molecule has 0 amide bonds. The van der Waals surface area contributed by atoms with Gasteiger partial charge in [0.25, 0.3) is 0 Å². The Balaban J connectivity index is 2.60. The van der Waals surface area contributed by atoms with Gasteiger partial charge in [0.1, 0.15) is 17.7 Å². The number of rotatable bonds is 5. The largest absolute Gasteiger partial charge is 0.489 e. The van der Waals surface area contributed by atoms with Gasteiger partial charge in [0.15, 0.2) is 0 Å². The van der Waals surface area contributed by atoms with Crippen molar-refractivity contribution < 1.29 is 9.13 Å². The predicted molar refractivity (Wildman–Crippen MR) is 73.4 cm³/mol. The van der Waals surface area contributed by atoms with Crippen LogP contribution < -0.4 is 10.1 Å². The van der Waals surface area contributed by atoms with E-state index in [-0.39, 0.29) is 17.5 Å². The second kappa shape index (κ2) is 6.19. The summed E-state index contributed by atoms with van der Waals surface area (Å²) in [6.45, 7) is 11.4. The molecule has 1 unspecified atom stereocenters. The van der Waals surface area contributed by atoms with Gasteiger partial charge in [-0.25, -0.2) is 4.39 Å². The molecule has 0 aliphatic heterocycles. The normalized spacial score (nSPS) is 13.7. The maximum absolute atomic E-state index is 12.8. The van der Waals surface area contributed by atoms with Gasteiger partial charge >= 0.3 is 0 Å². The minimum atomic E-state index is -0.240. The lowest BCUT2D eigenvalue weighted by Gasteiger charge is -2.28. The fourth-order valence-electron chi connectivity index (χ4n) is 1.51. The van der Waals surface area contributed by atoms with Crippen molar-refractivity contribution in [2.75, 3.05) is 6.54 Å².